The summed E-state index contributed by atoms with van der Waals surface area (Å²) in [6.07, 6.45) is 3.22. The maximum Gasteiger partial charge on any atom is 0.230 e. The van der Waals surface area contributed by atoms with Crippen LogP contribution in [0, 0.1) is 0 Å². The molecule has 0 aliphatic heterocycles. The quantitative estimate of drug-likeness (QED) is 0.792. The Labute approximate surface area is 115 Å². The van der Waals surface area contributed by atoms with E-state index in [0.29, 0.717) is 22.4 Å². The molecule has 0 spiro atoms. The molecule has 6 heteroatoms. The maximum atomic E-state index is 12.3. The van der Waals surface area contributed by atoms with Gasteiger partial charge in [-0.1, -0.05) is 0 Å². The van der Waals surface area contributed by atoms with E-state index in [9.17, 15) is 4.79 Å². The standard InChI is InChI=1S/C11H9Br2N3O/c1-2-16-9(3-4-15-16)11(17)10-8(13)5-7(12)6-14-10/h3-6H,2H2,1H3. The zero-order valence-corrected chi connectivity index (χ0v) is 12.2. The van der Waals surface area contributed by atoms with Crippen LogP contribution in [0.2, 0.25) is 0 Å². The van der Waals surface area contributed by atoms with E-state index in [-0.39, 0.29) is 5.78 Å². The van der Waals surface area contributed by atoms with E-state index in [2.05, 4.69) is 41.9 Å². The van der Waals surface area contributed by atoms with Crippen LogP contribution < -0.4 is 0 Å². The lowest BCUT2D eigenvalue weighted by molar-refractivity contribution is 0.102. The Morgan fingerprint density at radius 1 is 1.47 bits per heavy atom. The number of carbonyl (C=O) groups is 1. The highest BCUT2D eigenvalue weighted by Crippen LogP contribution is 2.21. The third-order valence-corrected chi connectivity index (χ3v) is 3.31. The Bertz CT molecular complexity index is 566. The predicted molar refractivity (Wildman–Crippen MR) is 71.0 cm³/mol. The molecule has 2 aromatic rings. The van der Waals surface area contributed by atoms with Gasteiger partial charge in [0.2, 0.25) is 5.78 Å². The molecule has 0 atom stereocenters. The van der Waals surface area contributed by atoms with E-state index >= 15 is 0 Å². The lowest BCUT2D eigenvalue weighted by Gasteiger charge is -2.05. The molecule has 17 heavy (non-hydrogen) atoms. The minimum Gasteiger partial charge on any atom is -0.285 e. The minimum atomic E-state index is -0.135. The smallest absolute Gasteiger partial charge is 0.230 e. The van der Waals surface area contributed by atoms with Crippen LogP contribution >= 0.6 is 31.9 Å². The average Bonchev–Trinajstić information content (AvgIpc) is 2.76. The molecule has 4 nitrogen and oxygen atoms in total. The SMILES string of the molecule is CCn1nccc1C(=O)c1ncc(Br)cc1Br. The summed E-state index contributed by atoms with van der Waals surface area (Å²) in [7, 11) is 0. The fraction of sp³-hybridized carbons (Fsp3) is 0.182. The van der Waals surface area contributed by atoms with Crippen LogP contribution in [0.1, 0.15) is 23.1 Å². The molecule has 0 bridgehead atoms. The second kappa shape index (κ2) is 5.10. The number of hydrogen-bond acceptors (Lipinski definition) is 3. The van der Waals surface area contributed by atoms with E-state index in [0.717, 1.165) is 4.47 Å². The van der Waals surface area contributed by atoms with Crippen LogP contribution in [-0.4, -0.2) is 20.5 Å². The van der Waals surface area contributed by atoms with Crippen LogP contribution in [0.3, 0.4) is 0 Å². The van der Waals surface area contributed by atoms with Crippen LogP contribution in [0.25, 0.3) is 0 Å². The number of pyridine rings is 1. The van der Waals surface area contributed by atoms with Gasteiger partial charge in [0.25, 0.3) is 0 Å². The molecule has 0 radical (unpaired) electrons. The van der Waals surface area contributed by atoms with Crippen molar-refractivity contribution in [3.63, 3.8) is 0 Å². The summed E-state index contributed by atoms with van der Waals surface area (Å²) in [6.45, 7) is 2.59. The average molecular weight is 359 g/mol. The molecule has 0 saturated carbocycles. The number of rotatable bonds is 3. The molecule has 0 fully saturated rings. The Kier molecular flexibility index (Phi) is 3.73. The lowest BCUT2D eigenvalue weighted by atomic mass is 10.2. The van der Waals surface area contributed by atoms with Gasteiger partial charge in [-0.2, -0.15) is 5.10 Å². The minimum absolute atomic E-state index is 0.135. The molecule has 2 aromatic heterocycles. The number of halogens is 2. The van der Waals surface area contributed by atoms with Gasteiger partial charge in [-0.25, -0.2) is 0 Å². The molecular weight excluding hydrogens is 350 g/mol. The van der Waals surface area contributed by atoms with Crippen molar-refractivity contribution >= 4 is 37.6 Å². The summed E-state index contributed by atoms with van der Waals surface area (Å²) < 4.78 is 3.14. The molecule has 0 aliphatic rings. The van der Waals surface area contributed by atoms with E-state index in [4.69, 9.17) is 0 Å². The molecule has 0 N–H and O–H groups in total. The largest absolute Gasteiger partial charge is 0.285 e. The van der Waals surface area contributed by atoms with Crippen LogP contribution in [0.15, 0.2) is 33.5 Å². The molecule has 2 heterocycles. The van der Waals surface area contributed by atoms with E-state index in [1.807, 2.05) is 6.92 Å². The number of hydrogen-bond donors (Lipinski definition) is 0. The molecule has 0 unspecified atom stereocenters. The Balaban J connectivity index is 2.44. The zero-order valence-electron chi connectivity index (χ0n) is 9.02. The van der Waals surface area contributed by atoms with Gasteiger partial charge in [0, 0.05) is 27.9 Å². The topological polar surface area (TPSA) is 47.8 Å². The monoisotopic (exact) mass is 357 g/mol. The van der Waals surface area contributed by atoms with Crippen molar-refractivity contribution in [1.82, 2.24) is 14.8 Å². The number of aryl methyl sites for hydroxylation is 1. The zero-order chi connectivity index (χ0) is 12.4. The highest BCUT2D eigenvalue weighted by molar-refractivity contribution is 9.11. The van der Waals surface area contributed by atoms with Crippen LogP contribution in [0.5, 0.6) is 0 Å². The van der Waals surface area contributed by atoms with Crippen molar-refractivity contribution in [3.05, 3.63) is 44.9 Å². The summed E-state index contributed by atoms with van der Waals surface area (Å²) in [5, 5.41) is 4.07. The van der Waals surface area contributed by atoms with Gasteiger partial charge in [-0.05, 0) is 50.9 Å². The lowest BCUT2D eigenvalue weighted by Crippen LogP contribution is -2.12. The molecular formula is C11H9Br2N3O. The number of carbonyl (C=O) groups excluding carboxylic acids is 1. The highest BCUT2D eigenvalue weighted by atomic mass is 79.9. The predicted octanol–water partition coefficient (Wildman–Crippen LogP) is 3.05. The van der Waals surface area contributed by atoms with Crippen molar-refractivity contribution in [2.45, 2.75) is 13.5 Å². The third-order valence-electron chi connectivity index (χ3n) is 2.27. The highest BCUT2D eigenvalue weighted by Gasteiger charge is 2.17. The van der Waals surface area contributed by atoms with Gasteiger partial charge in [0.1, 0.15) is 11.4 Å². The summed E-state index contributed by atoms with van der Waals surface area (Å²) in [6, 6.07) is 3.49. The van der Waals surface area contributed by atoms with Crippen molar-refractivity contribution < 1.29 is 4.79 Å². The first kappa shape index (κ1) is 12.4. The summed E-state index contributed by atoms with van der Waals surface area (Å²) in [4.78, 5) is 16.4. The summed E-state index contributed by atoms with van der Waals surface area (Å²) >= 11 is 6.64. The Morgan fingerprint density at radius 2 is 2.24 bits per heavy atom. The van der Waals surface area contributed by atoms with Gasteiger partial charge >= 0.3 is 0 Å². The Morgan fingerprint density at radius 3 is 2.88 bits per heavy atom. The van der Waals surface area contributed by atoms with Crippen molar-refractivity contribution in [2.75, 3.05) is 0 Å². The van der Waals surface area contributed by atoms with Gasteiger partial charge in [0.15, 0.2) is 0 Å². The number of nitrogens with zero attached hydrogens (tertiary/aromatic N) is 3. The maximum absolute atomic E-state index is 12.3. The van der Waals surface area contributed by atoms with Gasteiger partial charge in [0.05, 0.1) is 0 Å². The molecule has 0 aromatic carbocycles. The summed E-state index contributed by atoms with van der Waals surface area (Å²) in [5.41, 5.74) is 0.937. The van der Waals surface area contributed by atoms with Gasteiger partial charge < -0.3 is 0 Å². The molecule has 88 valence electrons. The second-order valence-corrected chi connectivity index (χ2v) is 5.12. The van der Waals surface area contributed by atoms with E-state index in [1.54, 1.807) is 29.2 Å². The molecule has 0 amide bonds. The number of aromatic nitrogens is 3. The second-order valence-electron chi connectivity index (χ2n) is 3.35. The fourth-order valence-corrected chi connectivity index (χ4v) is 2.65. The van der Waals surface area contributed by atoms with E-state index in [1.165, 1.54) is 0 Å². The van der Waals surface area contributed by atoms with Gasteiger partial charge in [-0.15, -0.1) is 0 Å². The normalized spacial score (nSPS) is 10.5. The van der Waals surface area contributed by atoms with Crippen LogP contribution in [0.4, 0.5) is 0 Å². The fourth-order valence-electron chi connectivity index (χ4n) is 1.48. The molecule has 2 rings (SSSR count). The van der Waals surface area contributed by atoms with Crippen molar-refractivity contribution in [3.8, 4) is 0 Å². The van der Waals surface area contributed by atoms with E-state index < -0.39 is 0 Å². The first-order valence-electron chi connectivity index (χ1n) is 5.01. The molecule has 0 aliphatic carbocycles. The third kappa shape index (κ3) is 2.47. The molecule has 0 saturated heterocycles. The number of ketones is 1. The Hall–Kier alpha value is -1.01. The first-order valence-corrected chi connectivity index (χ1v) is 6.59. The van der Waals surface area contributed by atoms with Crippen molar-refractivity contribution in [1.29, 1.82) is 0 Å². The van der Waals surface area contributed by atoms with Crippen LogP contribution in [-0.2, 0) is 6.54 Å². The van der Waals surface area contributed by atoms with Crippen molar-refractivity contribution in [2.24, 2.45) is 0 Å². The van der Waals surface area contributed by atoms with Gasteiger partial charge in [-0.3, -0.25) is 14.5 Å². The first-order chi connectivity index (χ1) is 8.13. The summed E-state index contributed by atoms with van der Waals surface area (Å²) in [5.74, 6) is -0.135.